The first kappa shape index (κ1) is 17.7. The number of benzene rings is 1. The summed E-state index contributed by atoms with van der Waals surface area (Å²) in [6.45, 7) is 1.83. The van der Waals surface area contributed by atoms with Gasteiger partial charge in [0.15, 0.2) is 0 Å². The number of aromatic hydroxyl groups is 1. The molecule has 6 nitrogen and oxygen atoms in total. The fraction of sp³-hybridized carbons (Fsp3) is 0.350. The number of carboxylic acid groups (broad SMARTS) is 1. The predicted octanol–water partition coefficient (Wildman–Crippen LogP) is 3.69. The molecule has 1 aromatic carbocycles. The Hall–Kier alpha value is -2.67. The van der Waals surface area contributed by atoms with Crippen LogP contribution < -0.4 is 5.32 Å². The molecule has 3 aromatic rings. The lowest BCUT2D eigenvalue weighted by atomic mass is 9.97. The molecular formula is C20H21N3O3S. The normalized spacial score (nSPS) is 14.7. The molecule has 0 saturated carbocycles. The Bertz CT molecular complexity index is 998. The zero-order chi connectivity index (χ0) is 19.0. The van der Waals surface area contributed by atoms with Crippen molar-refractivity contribution in [3.05, 3.63) is 46.1 Å². The van der Waals surface area contributed by atoms with E-state index in [0.29, 0.717) is 18.1 Å². The van der Waals surface area contributed by atoms with Gasteiger partial charge in [-0.15, -0.1) is 11.3 Å². The number of aliphatic carboxylic acids is 1. The molecule has 0 bridgehead atoms. The topological polar surface area (TPSA) is 95.3 Å². The van der Waals surface area contributed by atoms with Gasteiger partial charge in [-0.05, 0) is 55.9 Å². The molecule has 140 valence electrons. The quantitative estimate of drug-likeness (QED) is 0.622. The van der Waals surface area contributed by atoms with Gasteiger partial charge in [0.1, 0.15) is 28.3 Å². The maximum atomic E-state index is 11.9. The molecule has 7 heteroatoms. The second-order valence-electron chi connectivity index (χ2n) is 6.92. The summed E-state index contributed by atoms with van der Waals surface area (Å²) >= 11 is 1.70. The van der Waals surface area contributed by atoms with Crippen LogP contribution in [0.2, 0.25) is 0 Å². The lowest BCUT2D eigenvalue weighted by molar-refractivity contribution is -0.137. The number of aromatic nitrogens is 2. The molecule has 0 fully saturated rings. The highest BCUT2D eigenvalue weighted by molar-refractivity contribution is 7.19. The molecule has 0 aliphatic heterocycles. The van der Waals surface area contributed by atoms with Gasteiger partial charge in [-0.3, -0.25) is 0 Å². The van der Waals surface area contributed by atoms with E-state index in [1.54, 1.807) is 35.6 Å². The second kappa shape index (κ2) is 7.15. The number of aryl methyl sites for hydroxylation is 3. The molecule has 1 aliphatic carbocycles. The molecule has 0 amide bonds. The summed E-state index contributed by atoms with van der Waals surface area (Å²) in [5.74, 6) is 0.480. The van der Waals surface area contributed by atoms with Gasteiger partial charge < -0.3 is 15.5 Å². The van der Waals surface area contributed by atoms with Crippen LogP contribution in [0.25, 0.3) is 10.2 Å². The number of nitrogens with zero attached hydrogens (tertiary/aromatic N) is 2. The Balaban J connectivity index is 1.70. The minimum absolute atomic E-state index is 0.164. The average molecular weight is 383 g/mol. The summed E-state index contributed by atoms with van der Waals surface area (Å²) in [4.78, 5) is 23.3. The number of carbonyl (C=O) groups is 1. The standard InChI is InChI=1S/C20H21N3O3S/c1-11-21-18(17-14-4-2-3-5-16(14)27-19(17)22-11)23-15(20(25)26)10-12-6-8-13(24)9-7-12/h6-9,15,24H,2-5,10H2,1H3,(H,25,26)(H,21,22,23). The Kier molecular flexibility index (Phi) is 4.70. The van der Waals surface area contributed by atoms with Crippen molar-refractivity contribution in [3.8, 4) is 5.75 Å². The summed E-state index contributed by atoms with van der Waals surface area (Å²) < 4.78 is 0. The monoisotopic (exact) mass is 383 g/mol. The Morgan fingerprint density at radius 2 is 1.96 bits per heavy atom. The van der Waals surface area contributed by atoms with Crippen LogP contribution in [0.4, 0.5) is 5.82 Å². The van der Waals surface area contributed by atoms with Crippen LogP contribution in [0, 0.1) is 6.92 Å². The fourth-order valence-electron chi connectivity index (χ4n) is 3.60. The van der Waals surface area contributed by atoms with E-state index in [9.17, 15) is 15.0 Å². The first-order valence-electron chi connectivity index (χ1n) is 9.07. The van der Waals surface area contributed by atoms with Gasteiger partial charge in [0, 0.05) is 11.3 Å². The number of phenolic OH excluding ortho intramolecular Hbond substituents is 1. The van der Waals surface area contributed by atoms with Crippen LogP contribution in [-0.4, -0.2) is 32.2 Å². The Morgan fingerprint density at radius 1 is 1.22 bits per heavy atom. The maximum Gasteiger partial charge on any atom is 0.326 e. The van der Waals surface area contributed by atoms with Crippen LogP contribution in [0.3, 0.4) is 0 Å². The number of anilines is 1. The second-order valence-corrected chi connectivity index (χ2v) is 8.00. The molecule has 4 rings (SSSR count). The van der Waals surface area contributed by atoms with Crippen molar-refractivity contribution in [2.45, 2.75) is 45.1 Å². The number of nitrogens with one attached hydrogen (secondary N) is 1. The van der Waals surface area contributed by atoms with Gasteiger partial charge in [-0.25, -0.2) is 14.8 Å². The van der Waals surface area contributed by atoms with Crippen molar-refractivity contribution >= 4 is 33.3 Å². The van der Waals surface area contributed by atoms with E-state index >= 15 is 0 Å². The molecule has 1 unspecified atom stereocenters. The van der Waals surface area contributed by atoms with Crippen LogP contribution in [0.1, 0.15) is 34.7 Å². The molecule has 0 radical (unpaired) electrons. The molecule has 2 aromatic heterocycles. The van der Waals surface area contributed by atoms with Crippen molar-refractivity contribution < 1.29 is 15.0 Å². The number of hydrogen-bond donors (Lipinski definition) is 3. The zero-order valence-electron chi connectivity index (χ0n) is 15.0. The van der Waals surface area contributed by atoms with E-state index in [1.807, 2.05) is 6.92 Å². The highest BCUT2D eigenvalue weighted by Crippen LogP contribution is 2.38. The molecular weight excluding hydrogens is 362 g/mol. The van der Waals surface area contributed by atoms with E-state index < -0.39 is 12.0 Å². The van der Waals surface area contributed by atoms with Crippen molar-refractivity contribution in [2.75, 3.05) is 5.32 Å². The first-order valence-corrected chi connectivity index (χ1v) is 9.89. The molecule has 3 N–H and O–H groups in total. The number of carboxylic acids is 1. The van der Waals surface area contributed by atoms with Gasteiger partial charge in [0.2, 0.25) is 0 Å². The van der Waals surface area contributed by atoms with Gasteiger partial charge in [-0.2, -0.15) is 0 Å². The smallest absolute Gasteiger partial charge is 0.326 e. The van der Waals surface area contributed by atoms with Gasteiger partial charge >= 0.3 is 5.97 Å². The highest BCUT2D eigenvalue weighted by Gasteiger charge is 2.24. The number of rotatable bonds is 5. The van der Waals surface area contributed by atoms with Crippen molar-refractivity contribution in [3.63, 3.8) is 0 Å². The third-order valence-corrected chi connectivity index (χ3v) is 6.10. The van der Waals surface area contributed by atoms with Crippen LogP contribution in [0.5, 0.6) is 5.75 Å². The van der Waals surface area contributed by atoms with Gasteiger partial charge in [0.05, 0.1) is 5.39 Å². The Morgan fingerprint density at radius 3 is 2.70 bits per heavy atom. The number of fused-ring (bicyclic) bond motifs is 3. The summed E-state index contributed by atoms with van der Waals surface area (Å²) in [7, 11) is 0. The van der Waals surface area contributed by atoms with Gasteiger partial charge in [-0.1, -0.05) is 12.1 Å². The van der Waals surface area contributed by atoms with Crippen molar-refractivity contribution in [2.24, 2.45) is 0 Å². The average Bonchev–Trinajstić information content (AvgIpc) is 3.00. The largest absolute Gasteiger partial charge is 0.508 e. The first-order chi connectivity index (χ1) is 13.0. The van der Waals surface area contributed by atoms with Gasteiger partial charge in [0.25, 0.3) is 0 Å². The van der Waals surface area contributed by atoms with E-state index in [-0.39, 0.29) is 5.75 Å². The van der Waals surface area contributed by atoms with E-state index in [0.717, 1.165) is 35.0 Å². The highest BCUT2D eigenvalue weighted by atomic mass is 32.1. The lowest BCUT2D eigenvalue weighted by Crippen LogP contribution is -2.32. The van der Waals surface area contributed by atoms with Crippen LogP contribution >= 0.6 is 11.3 Å². The SMILES string of the molecule is Cc1nc(NC(Cc2ccc(O)cc2)C(=O)O)c2c3c(sc2n1)CCCC3. The molecule has 27 heavy (non-hydrogen) atoms. The van der Waals surface area contributed by atoms with Crippen LogP contribution in [0.15, 0.2) is 24.3 Å². The number of hydrogen-bond acceptors (Lipinski definition) is 6. The zero-order valence-corrected chi connectivity index (χ0v) is 15.8. The third kappa shape index (κ3) is 3.60. The van der Waals surface area contributed by atoms with E-state index in [1.165, 1.54) is 16.9 Å². The minimum atomic E-state index is -0.934. The molecule has 1 atom stereocenters. The number of phenols is 1. The molecule has 0 spiro atoms. The Labute approximate surface area is 160 Å². The maximum absolute atomic E-state index is 11.9. The molecule has 0 saturated heterocycles. The molecule has 2 heterocycles. The van der Waals surface area contributed by atoms with Crippen molar-refractivity contribution in [1.82, 2.24) is 9.97 Å². The summed E-state index contributed by atoms with van der Waals surface area (Å²) in [5.41, 5.74) is 2.11. The minimum Gasteiger partial charge on any atom is -0.508 e. The predicted molar refractivity (Wildman–Crippen MR) is 106 cm³/mol. The lowest BCUT2D eigenvalue weighted by Gasteiger charge is -2.18. The summed E-state index contributed by atoms with van der Waals surface area (Å²) in [5, 5.41) is 23.3. The summed E-state index contributed by atoms with van der Waals surface area (Å²) in [6, 6.07) is 5.79. The van der Waals surface area contributed by atoms with E-state index in [2.05, 4.69) is 15.3 Å². The van der Waals surface area contributed by atoms with Crippen molar-refractivity contribution in [1.29, 1.82) is 0 Å². The fourth-order valence-corrected chi connectivity index (χ4v) is 4.91. The molecule has 1 aliphatic rings. The van der Waals surface area contributed by atoms with E-state index in [4.69, 9.17) is 0 Å². The summed E-state index contributed by atoms with van der Waals surface area (Å²) in [6.07, 6.45) is 4.68. The van der Waals surface area contributed by atoms with Crippen LogP contribution in [-0.2, 0) is 24.1 Å². The third-order valence-electron chi connectivity index (χ3n) is 4.91. The number of thiophene rings is 1.